The number of rotatable bonds is 4. The second kappa shape index (κ2) is 5.10. The Bertz CT molecular complexity index is 491. The lowest BCUT2D eigenvalue weighted by atomic mass is 9.98. The molecule has 1 unspecified atom stereocenters. The van der Waals surface area contributed by atoms with Crippen LogP contribution in [0.4, 0.5) is 4.39 Å². The highest BCUT2D eigenvalue weighted by Crippen LogP contribution is 2.25. The predicted octanol–water partition coefficient (Wildman–Crippen LogP) is 3.30. The number of hydrogen-bond acceptors (Lipinski definition) is 2. The fourth-order valence-corrected chi connectivity index (χ4v) is 2.48. The van der Waals surface area contributed by atoms with E-state index in [1.165, 1.54) is 23.5 Å². The van der Waals surface area contributed by atoms with Crippen LogP contribution in [0.3, 0.4) is 0 Å². The van der Waals surface area contributed by atoms with Crippen molar-refractivity contribution >= 4 is 17.3 Å². The Morgan fingerprint density at radius 1 is 1.29 bits per heavy atom. The summed E-state index contributed by atoms with van der Waals surface area (Å²) in [5.74, 6) is -1.71. The summed E-state index contributed by atoms with van der Waals surface area (Å²) in [5, 5.41) is 11.1. The van der Waals surface area contributed by atoms with Crippen LogP contribution in [0.1, 0.15) is 16.4 Å². The Labute approximate surface area is 102 Å². The second-order valence-corrected chi connectivity index (χ2v) is 4.72. The lowest BCUT2D eigenvalue weighted by Gasteiger charge is -2.10. The van der Waals surface area contributed by atoms with E-state index in [0.29, 0.717) is 6.42 Å². The molecule has 2 rings (SSSR count). The van der Waals surface area contributed by atoms with Crippen molar-refractivity contribution in [3.63, 3.8) is 0 Å². The van der Waals surface area contributed by atoms with Crippen molar-refractivity contribution < 1.29 is 14.3 Å². The zero-order valence-corrected chi connectivity index (χ0v) is 9.78. The largest absolute Gasteiger partial charge is 0.481 e. The predicted molar refractivity (Wildman–Crippen MR) is 64.8 cm³/mol. The number of hydrogen-bond donors (Lipinski definition) is 1. The average Bonchev–Trinajstić information content (AvgIpc) is 2.81. The molecule has 2 nitrogen and oxygen atoms in total. The Hall–Kier alpha value is -1.68. The van der Waals surface area contributed by atoms with Gasteiger partial charge in [0.1, 0.15) is 5.82 Å². The van der Waals surface area contributed by atoms with Gasteiger partial charge in [-0.3, -0.25) is 4.79 Å². The zero-order chi connectivity index (χ0) is 12.3. The number of halogens is 1. The lowest BCUT2D eigenvalue weighted by molar-refractivity contribution is -0.138. The maximum Gasteiger partial charge on any atom is 0.312 e. The summed E-state index contributed by atoms with van der Waals surface area (Å²) in [7, 11) is 0. The van der Waals surface area contributed by atoms with E-state index in [1.807, 2.05) is 17.5 Å². The second-order valence-electron chi connectivity index (χ2n) is 3.74. The molecule has 0 amide bonds. The number of thiophene rings is 1. The quantitative estimate of drug-likeness (QED) is 0.904. The standard InChI is InChI=1S/C13H11FO2S/c14-10-5-3-9(4-6-10)8-11(13(15)16)12-2-1-7-17-12/h1-7,11H,8H2,(H,15,16). The van der Waals surface area contributed by atoms with Gasteiger partial charge in [-0.2, -0.15) is 0 Å². The van der Waals surface area contributed by atoms with Crippen LogP contribution in [0, 0.1) is 5.82 Å². The first-order valence-electron chi connectivity index (χ1n) is 5.17. The average molecular weight is 250 g/mol. The summed E-state index contributed by atoms with van der Waals surface area (Å²) in [6, 6.07) is 9.59. The van der Waals surface area contributed by atoms with E-state index in [0.717, 1.165) is 10.4 Å². The minimum absolute atomic E-state index is 0.309. The van der Waals surface area contributed by atoms with E-state index in [4.69, 9.17) is 0 Å². The van der Waals surface area contributed by atoms with Gasteiger partial charge in [0.05, 0.1) is 5.92 Å². The first-order valence-corrected chi connectivity index (χ1v) is 6.05. The van der Waals surface area contributed by atoms with Crippen molar-refractivity contribution in [2.75, 3.05) is 0 Å². The first kappa shape index (κ1) is 11.8. The van der Waals surface area contributed by atoms with Crippen molar-refractivity contribution in [3.05, 3.63) is 58.0 Å². The van der Waals surface area contributed by atoms with Gasteiger partial charge in [0.25, 0.3) is 0 Å². The summed E-state index contributed by atoms with van der Waals surface area (Å²) in [6.45, 7) is 0. The summed E-state index contributed by atoms with van der Waals surface area (Å²) in [5.41, 5.74) is 0.826. The third-order valence-corrected chi connectivity index (χ3v) is 3.52. The Morgan fingerprint density at radius 2 is 2.00 bits per heavy atom. The highest BCUT2D eigenvalue weighted by molar-refractivity contribution is 7.10. The molecule has 0 saturated heterocycles. The lowest BCUT2D eigenvalue weighted by Crippen LogP contribution is -2.13. The fraction of sp³-hybridized carbons (Fsp3) is 0.154. The van der Waals surface area contributed by atoms with Crippen molar-refractivity contribution in [1.82, 2.24) is 0 Å². The normalized spacial score (nSPS) is 12.3. The van der Waals surface area contributed by atoms with Crippen molar-refractivity contribution in [3.8, 4) is 0 Å². The van der Waals surface area contributed by atoms with E-state index in [-0.39, 0.29) is 5.82 Å². The van der Waals surface area contributed by atoms with Crippen LogP contribution in [-0.2, 0) is 11.2 Å². The summed E-state index contributed by atoms with van der Waals surface area (Å²) >= 11 is 1.43. The molecule has 0 aliphatic carbocycles. The molecule has 4 heteroatoms. The Morgan fingerprint density at radius 3 is 2.53 bits per heavy atom. The van der Waals surface area contributed by atoms with Crippen LogP contribution < -0.4 is 0 Å². The number of carboxylic acids is 1. The topological polar surface area (TPSA) is 37.3 Å². The number of aliphatic carboxylic acids is 1. The molecule has 0 aliphatic rings. The Balaban J connectivity index is 2.19. The van der Waals surface area contributed by atoms with Crippen LogP contribution in [0.5, 0.6) is 0 Å². The van der Waals surface area contributed by atoms with Gasteiger partial charge in [-0.15, -0.1) is 11.3 Å². The van der Waals surface area contributed by atoms with Crippen molar-refractivity contribution in [2.45, 2.75) is 12.3 Å². The summed E-state index contributed by atoms with van der Waals surface area (Å²) in [4.78, 5) is 12.0. The third-order valence-electron chi connectivity index (χ3n) is 2.54. The molecule has 0 spiro atoms. The molecule has 2 aromatic rings. The van der Waals surface area contributed by atoms with Crippen molar-refractivity contribution in [1.29, 1.82) is 0 Å². The monoisotopic (exact) mass is 250 g/mol. The molecule has 1 N–H and O–H groups in total. The van der Waals surface area contributed by atoms with Crippen LogP contribution in [0.25, 0.3) is 0 Å². The van der Waals surface area contributed by atoms with E-state index >= 15 is 0 Å². The molecule has 0 radical (unpaired) electrons. The van der Waals surface area contributed by atoms with Gasteiger partial charge >= 0.3 is 5.97 Å². The first-order chi connectivity index (χ1) is 8.16. The molecule has 88 valence electrons. The van der Waals surface area contributed by atoms with Gasteiger partial charge in [0.2, 0.25) is 0 Å². The fourth-order valence-electron chi connectivity index (χ4n) is 1.66. The van der Waals surface area contributed by atoms with Crippen LogP contribution in [0.2, 0.25) is 0 Å². The smallest absolute Gasteiger partial charge is 0.312 e. The van der Waals surface area contributed by atoms with Crippen LogP contribution in [0.15, 0.2) is 41.8 Å². The molecule has 1 heterocycles. The van der Waals surface area contributed by atoms with Crippen molar-refractivity contribution in [2.24, 2.45) is 0 Å². The minimum atomic E-state index is -0.850. The van der Waals surface area contributed by atoms with Gasteiger partial charge in [0, 0.05) is 4.88 Å². The zero-order valence-electron chi connectivity index (χ0n) is 8.97. The van der Waals surface area contributed by atoms with Crippen LogP contribution >= 0.6 is 11.3 Å². The molecular weight excluding hydrogens is 239 g/mol. The number of benzene rings is 1. The third kappa shape index (κ3) is 2.91. The maximum atomic E-state index is 12.7. The van der Waals surface area contributed by atoms with Gasteiger partial charge in [0.15, 0.2) is 0 Å². The highest BCUT2D eigenvalue weighted by atomic mass is 32.1. The van der Waals surface area contributed by atoms with E-state index in [1.54, 1.807) is 12.1 Å². The maximum absolute atomic E-state index is 12.7. The molecule has 0 aliphatic heterocycles. The molecule has 0 saturated carbocycles. The van der Waals surface area contributed by atoms with E-state index < -0.39 is 11.9 Å². The molecule has 1 atom stereocenters. The summed E-state index contributed by atoms with van der Waals surface area (Å²) in [6.07, 6.45) is 0.385. The van der Waals surface area contributed by atoms with E-state index in [2.05, 4.69) is 0 Å². The SMILES string of the molecule is O=C(O)C(Cc1ccc(F)cc1)c1cccs1. The van der Waals surface area contributed by atoms with Gasteiger partial charge < -0.3 is 5.11 Å². The molecular formula is C13H11FO2S. The van der Waals surface area contributed by atoms with Gasteiger partial charge in [-0.25, -0.2) is 4.39 Å². The molecule has 1 aromatic carbocycles. The van der Waals surface area contributed by atoms with Gasteiger partial charge in [-0.1, -0.05) is 18.2 Å². The van der Waals surface area contributed by atoms with E-state index in [9.17, 15) is 14.3 Å². The van der Waals surface area contributed by atoms with Crippen LogP contribution in [-0.4, -0.2) is 11.1 Å². The highest BCUT2D eigenvalue weighted by Gasteiger charge is 2.21. The number of carbonyl (C=O) groups is 1. The Kier molecular flexibility index (Phi) is 3.54. The molecule has 0 fully saturated rings. The summed E-state index contributed by atoms with van der Waals surface area (Å²) < 4.78 is 12.7. The van der Waals surface area contributed by atoms with Gasteiger partial charge in [-0.05, 0) is 35.6 Å². The minimum Gasteiger partial charge on any atom is -0.481 e. The molecule has 0 bridgehead atoms. The molecule has 17 heavy (non-hydrogen) atoms. The number of carboxylic acid groups (broad SMARTS) is 1. The molecule has 1 aromatic heterocycles.